The van der Waals surface area contributed by atoms with E-state index in [0.29, 0.717) is 34.6 Å². The van der Waals surface area contributed by atoms with Crippen LogP contribution in [-0.4, -0.2) is 26.3 Å². The van der Waals surface area contributed by atoms with Crippen LogP contribution in [0, 0.1) is 6.92 Å². The Balaban J connectivity index is 1.42. The minimum atomic E-state index is -0.293. The van der Waals surface area contributed by atoms with E-state index in [1.54, 1.807) is 18.4 Å². The summed E-state index contributed by atoms with van der Waals surface area (Å²) in [4.78, 5) is 33.5. The molecule has 0 saturated carbocycles. The van der Waals surface area contributed by atoms with Crippen molar-refractivity contribution in [1.82, 2.24) is 14.5 Å². The third-order valence-corrected chi connectivity index (χ3v) is 5.25. The maximum absolute atomic E-state index is 12.5. The number of amides is 2. The highest BCUT2D eigenvalue weighted by Gasteiger charge is 2.16. The normalized spacial score (nSPS) is 11.0. The molecule has 2 N–H and O–H groups in total. The van der Waals surface area contributed by atoms with E-state index in [0.717, 1.165) is 11.0 Å². The molecule has 0 radical (unpaired) electrons. The number of nitrogens with one attached hydrogen (secondary N) is 2. The van der Waals surface area contributed by atoms with Gasteiger partial charge in [0.1, 0.15) is 5.76 Å². The molecule has 0 fully saturated rings. The number of fused-ring (bicyclic) bond motifs is 1. The van der Waals surface area contributed by atoms with E-state index >= 15 is 0 Å². The molecule has 0 aliphatic carbocycles. The molecule has 0 spiro atoms. The number of furan rings is 1. The fraction of sp³-hybridized carbons (Fsp3) is 0.200. The number of hydrogen-bond acceptors (Lipinski definition) is 6. The van der Waals surface area contributed by atoms with Gasteiger partial charge in [0, 0.05) is 11.9 Å². The van der Waals surface area contributed by atoms with E-state index < -0.39 is 0 Å². The van der Waals surface area contributed by atoms with Crippen LogP contribution in [0.2, 0.25) is 0 Å². The molecule has 3 aromatic heterocycles. The van der Waals surface area contributed by atoms with Gasteiger partial charge in [-0.25, -0.2) is 9.97 Å². The zero-order valence-electron chi connectivity index (χ0n) is 15.9. The molecule has 0 aliphatic rings. The van der Waals surface area contributed by atoms with Gasteiger partial charge in [0.05, 0.1) is 35.0 Å². The van der Waals surface area contributed by atoms with Gasteiger partial charge in [-0.1, -0.05) is 12.1 Å². The Hall–Kier alpha value is -3.46. The third-order valence-electron chi connectivity index (χ3n) is 4.44. The summed E-state index contributed by atoms with van der Waals surface area (Å²) in [5.74, 6) is 0.539. The highest BCUT2D eigenvalue weighted by molar-refractivity contribution is 7.14. The molecule has 29 heavy (non-hydrogen) atoms. The molecule has 9 heteroatoms. The van der Waals surface area contributed by atoms with Crippen molar-refractivity contribution in [2.75, 3.05) is 10.6 Å². The van der Waals surface area contributed by atoms with Crippen molar-refractivity contribution in [2.24, 2.45) is 0 Å². The van der Waals surface area contributed by atoms with Crippen LogP contribution in [0.4, 0.5) is 11.1 Å². The van der Waals surface area contributed by atoms with Crippen molar-refractivity contribution in [3.63, 3.8) is 0 Å². The quantitative estimate of drug-likeness (QED) is 0.504. The fourth-order valence-corrected chi connectivity index (χ4v) is 3.76. The van der Waals surface area contributed by atoms with Crippen molar-refractivity contribution in [2.45, 2.75) is 26.8 Å². The standard InChI is InChI=1S/C20H19N5O3S/c1-3-25-16-7-5-4-6-15(16)22-19(25)23-17(26)10-13-11-29-20(21-13)24-18(27)14-8-9-28-12(14)2/h4-9,11H,3,10H2,1-2H3,(H,21,24,27)(H,22,23,26). The first kappa shape index (κ1) is 18.9. The van der Waals surface area contributed by atoms with Gasteiger partial charge < -0.3 is 8.98 Å². The number of thiazole rings is 1. The first-order valence-corrected chi connectivity index (χ1v) is 9.98. The molecule has 3 heterocycles. The van der Waals surface area contributed by atoms with Gasteiger partial charge in [-0.05, 0) is 32.0 Å². The van der Waals surface area contributed by atoms with E-state index in [9.17, 15) is 9.59 Å². The molecule has 0 unspecified atom stereocenters. The van der Waals surface area contributed by atoms with E-state index in [-0.39, 0.29) is 18.2 Å². The molecule has 148 valence electrons. The number of imidazole rings is 1. The fourth-order valence-electron chi connectivity index (χ4n) is 3.05. The maximum atomic E-state index is 12.5. The Bertz CT molecular complexity index is 1190. The topological polar surface area (TPSA) is 102 Å². The van der Waals surface area contributed by atoms with Crippen LogP contribution < -0.4 is 10.6 Å². The number of rotatable bonds is 6. The van der Waals surface area contributed by atoms with Crippen molar-refractivity contribution in [1.29, 1.82) is 0 Å². The Morgan fingerprint density at radius 2 is 2.00 bits per heavy atom. The predicted molar refractivity (Wildman–Crippen MR) is 111 cm³/mol. The lowest BCUT2D eigenvalue weighted by atomic mass is 10.2. The lowest BCUT2D eigenvalue weighted by molar-refractivity contribution is -0.115. The SMILES string of the molecule is CCn1c(NC(=O)Cc2csc(NC(=O)c3ccoc3C)n2)nc2ccccc21. The van der Waals surface area contributed by atoms with Crippen LogP contribution in [0.5, 0.6) is 0 Å². The number of hydrogen-bond donors (Lipinski definition) is 2. The van der Waals surface area contributed by atoms with E-state index in [4.69, 9.17) is 4.42 Å². The summed E-state index contributed by atoms with van der Waals surface area (Å²) in [5, 5.41) is 7.76. The second kappa shape index (κ2) is 7.88. The summed E-state index contributed by atoms with van der Waals surface area (Å²) in [6.07, 6.45) is 1.55. The molecule has 4 rings (SSSR count). The van der Waals surface area contributed by atoms with E-state index in [1.165, 1.54) is 17.6 Å². The van der Waals surface area contributed by atoms with Gasteiger partial charge in [0.25, 0.3) is 5.91 Å². The summed E-state index contributed by atoms with van der Waals surface area (Å²) in [6, 6.07) is 9.34. The molecule has 2 amide bonds. The first-order chi connectivity index (χ1) is 14.0. The molecular formula is C20H19N5O3S. The van der Waals surface area contributed by atoms with E-state index in [2.05, 4.69) is 20.6 Å². The van der Waals surface area contributed by atoms with Gasteiger partial charge in [0.2, 0.25) is 11.9 Å². The molecule has 1 aromatic carbocycles. The van der Waals surface area contributed by atoms with Crippen LogP contribution in [0.25, 0.3) is 11.0 Å². The largest absolute Gasteiger partial charge is 0.469 e. The smallest absolute Gasteiger partial charge is 0.260 e. The summed E-state index contributed by atoms with van der Waals surface area (Å²) in [5.41, 5.74) is 2.83. The lowest BCUT2D eigenvalue weighted by Crippen LogP contribution is -2.18. The highest BCUT2D eigenvalue weighted by Crippen LogP contribution is 2.21. The number of nitrogens with zero attached hydrogens (tertiary/aromatic N) is 3. The number of benzene rings is 1. The van der Waals surface area contributed by atoms with Gasteiger partial charge in [0.15, 0.2) is 5.13 Å². The predicted octanol–water partition coefficient (Wildman–Crippen LogP) is 3.85. The van der Waals surface area contributed by atoms with Crippen LogP contribution in [0.15, 0.2) is 46.4 Å². The number of anilines is 2. The Kier molecular flexibility index (Phi) is 5.13. The third kappa shape index (κ3) is 3.90. The number of aromatic nitrogens is 3. The average Bonchev–Trinajstić information content (AvgIpc) is 3.40. The number of carbonyl (C=O) groups is 2. The van der Waals surface area contributed by atoms with Crippen LogP contribution in [0.1, 0.15) is 28.7 Å². The Labute approximate surface area is 170 Å². The first-order valence-electron chi connectivity index (χ1n) is 9.10. The van der Waals surface area contributed by atoms with Crippen LogP contribution in [-0.2, 0) is 17.8 Å². The molecular weight excluding hydrogens is 390 g/mol. The van der Waals surface area contributed by atoms with Gasteiger partial charge in [-0.2, -0.15) is 0 Å². The van der Waals surface area contributed by atoms with Crippen molar-refractivity contribution in [3.8, 4) is 0 Å². The molecule has 0 aliphatic heterocycles. The van der Waals surface area contributed by atoms with E-state index in [1.807, 2.05) is 35.8 Å². The van der Waals surface area contributed by atoms with Crippen molar-refractivity contribution >= 4 is 45.3 Å². The molecule has 0 atom stereocenters. The van der Waals surface area contributed by atoms with Crippen molar-refractivity contribution < 1.29 is 14.0 Å². The van der Waals surface area contributed by atoms with Gasteiger partial charge in [-0.15, -0.1) is 11.3 Å². The number of aryl methyl sites for hydroxylation is 2. The molecule has 0 saturated heterocycles. The second-order valence-electron chi connectivity index (χ2n) is 6.38. The Morgan fingerprint density at radius 3 is 2.76 bits per heavy atom. The monoisotopic (exact) mass is 409 g/mol. The second-order valence-corrected chi connectivity index (χ2v) is 7.24. The summed E-state index contributed by atoms with van der Waals surface area (Å²) >= 11 is 1.27. The van der Waals surface area contributed by atoms with Crippen LogP contribution in [0.3, 0.4) is 0 Å². The summed E-state index contributed by atoms with van der Waals surface area (Å²) in [6.45, 7) is 4.41. The summed E-state index contributed by atoms with van der Waals surface area (Å²) < 4.78 is 7.09. The molecule has 4 aromatic rings. The zero-order valence-corrected chi connectivity index (χ0v) is 16.7. The minimum absolute atomic E-state index is 0.0873. The number of para-hydroxylation sites is 2. The minimum Gasteiger partial charge on any atom is -0.469 e. The molecule has 8 nitrogen and oxygen atoms in total. The summed E-state index contributed by atoms with van der Waals surface area (Å²) in [7, 11) is 0. The Morgan fingerprint density at radius 1 is 1.17 bits per heavy atom. The number of carbonyl (C=O) groups excluding carboxylic acids is 2. The zero-order chi connectivity index (χ0) is 20.4. The lowest BCUT2D eigenvalue weighted by Gasteiger charge is -2.06. The highest BCUT2D eigenvalue weighted by atomic mass is 32.1. The van der Waals surface area contributed by atoms with Crippen LogP contribution >= 0.6 is 11.3 Å². The molecule has 0 bridgehead atoms. The maximum Gasteiger partial charge on any atom is 0.260 e. The van der Waals surface area contributed by atoms with Gasteiger partial charge >= 0.3 is 0 Å². The average molecular weight is 409 g/mol. The van der Waals surface area contributed by atoms with Gasteiger partial charge in [-0.3, -0.25) is 20.2 Å². The van der Waals surface area contributed by atoms with Crippen molar-refractivity contribution in [3.05, 3.63) is 59.0 Å².